The minimum atomic E-state index is -1.39. The van der Waals surface area contributed by atoms with E-state index >= 15 is 0 Å². The highest BCUT2D eigenvalue weighted by atomic mass is 16.5. The summed E-state index contributed by atoms with van der Waals surface area (Å²) in [5.41, 5.74) is 1.58. The van der Waals surface area contributed by atoms with Crippen LogP contribution in [-0.4, -0.2) is 23.8 Å². The second kappa shape index (κ2) is 9.14. The van der Waals surface area contributed by atoms with Crippen LogP contribution in [0, 0.1) is 0 Å². The first-order chi connectivity index (χ1) is 8.74. The molecular formula is C14H23BO3. The van der Waals surface area contributed by atoms with E-state index < -0.39 is 7.12 Å². The third-order valence-electron chi connectivity index (χ3n) is 2.94. The summed E-state index contributed by atoms with van der Waals surface area (Å²) in [6, 6.07) is 7.16. The van der Waals surface area contributed by atoms with Gasteiger partial charge in [0.2, 0.25) is 0 Å². The fraction of sp³-hybridized carbons (Fsp3) is 0.571. The van der Waals surface area contributed by atoms with Crippen molar-refractivity contribution in [3.8, 4) is 0 Å². The monoisotopic (exact) mass is 250 g/mol. The molecule has 0 bridgehead atoms. The van der Waals surface area contributed by atoms with E-state index in [4.69, 9.17) is 14.8 Å². The molecule has 0 unspecified atom stereocenters. The predicted octanol–water partition coefficient (Wildman–Crippen LogP) is 1.85. The van der Waals surface area contributed by atoms with Crippen molar-refractivity contribution in [2.45, 2.75) is 45.6 Å². The Bertz CT molecular complexity index is 311. The van der Waals surface area contributed by atoms with Crippen LogP contribution in [0.15, 0.2) is 24.3 Å². The van der Waals surface area contributed by atoms with E-state index in [1.54, 1.807) is 12.1 Å². The number of unbranched alkanes of at least 4 members (excludes halogenated alkanes) is 4. The summed E-state index contributed by atoms with van der Waals surface area (Å²) >= 11 is 0. The number of ether oxygens (including phenoxy) is 1. The van der Waals surface area contributed by atoms with Crippen molar-refractivity contribution in [2.24, 2.45) is 0 Å². The molecule has 4 heteroatoms. The Morgan fingerprint density at radius 1 is 1.00 bits per heavy atom. The average molecular weight is 250 g/mol. The molecule has 1 aromatic carbocycles. The summed E-state index contributed by atoms with van der Waals surface area (Å²) < 4.78 is 5.58. The molecule has 3 nitrogen and oxygen atoms in total. The van der Waals surface area contributed by atoms with Crippen LogP contribution in [0.2, 0.25) is 0 Å². The van der Waals surface area contributed by atoms with Crippen molar-refractivity contribution < 1.29 is 14.8 Å². The van der Waals surface area contributed by atoms with Gasteiger partial charge in [-0.3, -0.25) is 0 Å². The SMILES string of the molecule is CCCCCCCOCc1ccc(B(O)O)cc1. The van der Waals surface area contributed by atoms with Crippen LogP contribution in [0.5, 0.6) is 0 Å². The average Bonchev–Trinajstić information content (AvgIpc) is 2.38. The van der Waals surface area contributed by atoms with Crippen LogP contribution in [-0.2, 0) is 11.3 Å². The maximum Gasteiger partial charge on any atom is 0.488 e. The molecular weight excluding hydrogens is 227 g/mol. The Labute approximate surface area is 110 Å². The second-order valence-corrected chi connectivity index (χ2v) is 4.58. The smallest absolute Gasteiger partial charge is 0.423 e. The molecule has 0 heterocycles. The van der Waals surface area contributed by atoms with Crippen molar-refractivity contribution in [2.75, 3.05) is 6.61 Å². The molecule has 0 atom stereocenters. The van der Waals surface area contributed by atoms with Gasteiger partial charge in [0.15, 0.2) is 0 Å². The van der Waals surface area contributed by atoms with Crippen LogP contribution in [0.3, 0.4) is 0 Å². The molecule has 0 saturated carbocycles. The Kier molecular flexibility index (Phi) is 7.73. The van der Waals surface area contributed by atoms with Gasteiger partial charge in [0.1, 0.15) is 0 Å². The van der Waals surface area contributed by atoms with Gasteiger partial charge in [0.25, 0.3) is 0 Å². The molecule has 0 aliphatic rings. The zero-order valence-electron chi connectivity index (χ0n) is 11.1. The Morgan fingerprint density at radius 3 is 2.28 bits per heavy atom. The highest BCUT2D eigenvalue weighted by molar-refractivity contribution is 6.58. The molecule has 1 rings (SSSR count). The molecule has 18 heavy (non-hydrogen) atoms. The third-order valence-corrected chi connectivity index (χ3v) is 2.94. The lowest BCUT2D eigenvalue weighted by molar-refractivity contribution is 0.116. The van der Waals surface area contributed by atoms with E-state index in [-0.39, 0.29) is 0 Å². The largest absolute Gasteiger partial charge is 0.488 e. The molecule has 0 spiro atoms. The minimum Gasteiger partial charge on any atom is -0.423 e. The molecule has 0 radical (unpaired) electrons. The number of hydrogen-bond acceptors (Lipinski definition) is 3. The zero-order valence-corrected chi connectivity index (χ0v) is 11.1. The van der Waals surface area contributed by atoms with E-state index in [1.165, 1.54) is 25.7 Å². The fourth-order valence-corrected chi connectivity index (χ4v) is 1.78. The quantitative estimate of drug-likeness (QED) is 0.519. The van der Waals surface area contributed by atoms with E-state index in [2.05, 4.69) is 6.92 Å². The molecule has 0 aromatic heterocycles. The van der Waals surface area contributed by atoms with Gasteiger partial charge >= 0.3 is 7.12 Å². The first-order valence-corrected chi connectivity index (χ1v) is 6.76. The van der Waals surface area contributed by atoms with Crippen molar-refractivity contribution >= 4 is 12.6 Å². The first kappa shape index (κ1) is 15.2. The maximum absolute atomic E-state index is 8.96. The lowest BCUT2D eigenvalue weighted by atomic mass is 9.80. The lowest BCUT2D eigenvalue weighted by Crippen LogP contribution is -2.29. The summed E-state index contributed by atoms with van der Waals surface area (Å²) in [7, 11) is -1.39. The zero-order chi connectivity index (χ0) is 13.2. The molecule has 100 valence electrons. The third kappa shape index (κ3) is 6.19. The highest BCUT2D eigenvalue weighted by Gasteiger charge is 2.09. The van der Waals surface area contributed by atoms with Crippen LogP contribution in [0.4, 0.5) is 0 Å². The summed E-state index contributed by atoms with van der Waals surface area (Å²) in [5.74, 6) is 0. The van der Waals surface area contributed by atoms with Crippen LogP contribution in [0.1, 0.15) is 44.6 Å². The van der Waals surface area contributed by atoms with Crippen molar-refractivity contribution in [3.05, 3.63) is 29.8 Å². The van der Waals surface area contributed by atoms with Gasteiger partial charge < -0.3 is 14.8 Å². The maximum atomic E-state index is 8.96. The van der Waals surface area contributed by atoms with Gasteiger partial charge in [0, 0.05) is 6.61 Å². The number of rotatable bonds is 9. The molecule has 0 aliphatic heterocycles. The minimum absolute atomic E-state index is 0.512. The van der Waals surface area contributed by atoms with Crippen molar-refractivity contribution in [3.63, 3.8) is 0 Å². The van der Waals surface area contributed by atoms with Crippen LogP contribution in [0.25, 0.3) is 0 Å². The van der Waals surface area contributed by atoms with Crippen LogP contribution >= 0.6 is 0 Å². The fourth-order valence-electron chi connectivity index (χ4n) is 1.78. The van der Waals surface area contributed by atoms with E-state index in [0.717, 1.165) is 18.6 Å². The summed E-state index contributed by atoms with van der Waals surface area (Å²) in [6.07, 6.45) is 6.23. The summed E-state index contributed by atoms with van der Waals surface area (Å²) in [5, 5.41) is 17.9. The lowest BCUT2D eigenvalue weighted by Gasteiger charge is -2.05. The second-order valence-electron chi connectivity index (χ2n) is 4.58. The van der Waals surface area contributed by atoms with Crippen molar-refractivity contribution in [1.29, 1.82) is 0 Å². The number of hydrogen-bond donors (Lipinski definition) is 2. The first-order valence-electron chi connectivity index (χ1n) is 6.76. The Hall–Kier alpha value is -0.835. The Morgan fingerprint density at radius 2 is 1.67 bits per heavy atom. The molecule has 0 saturated heterocycles. The molecule has 0 aliphatic carbocycles. The van der Waals surface area contributed by atoms with Gasteiger partial charge in [-0.2, -0.15) is 0 Å². The molecule has 0 amide bonds. The normalized spacial score (nSPS) is 10.6. The van der Waals surface area contributed by atoms with E-state index in [9.17, 15) is 0 Å². The van der Waals surface area contributed by atoms with Gasteiger partial charge in [-0.05, 0) is 17.4 Å². The Balaban J connectivity index is 2.12. The molecule has 0 fully saturated rings. The van der Waals surface area contributed by atoms with Crippen molar-refractivity contribution in [1.82, 2.24) is 0 Å². The van der Waals surface area contributed by atoms with E-state index in [1.807, 2.05) is 12.1 Å². The van der Waals surface area contributed by atoms with Crippen LogP contribution < -0.4 is 5.46 Å². The standard InChI is InChI=1S/C14H23BO3/c1-2-3-4-5-6-11-18-12-13-7-9-14(10-8-13)15(16)17/h7-10,16-17H,2-6,11-12H2,1H3. The van der Waals surface area contributed by atoms with Gasteiger partial charge in [-0.25, -0.2) is 0 Å². The van der Waals surface area contributed by atoms with Gasteiger partial charge in [0.05, 0.1) is 6.61 Å². The summed E-state index contributed by atoms with van der Waals surface area (Å²) in [4.78, 5) is 0. The van der Waals surface area contributed by atoms with Gasteiger partial charge in [-0.15, -0.1) is 0 Å². The highest BCUT2D eigenvalue weighted by Crippen LogP contribution is 2.04. The molecule has 1 aromatic rings. The molecule has 2 N–H and O–H groups in total. The van der Waals surface area contributed by atoms with E-state index in [0.29, 0.717) is 12.1 Å². The predicted molar refractivity (Wildman–Crippen MR) is 74.7 cm³/mol. The summed E-state index contributed by atoms with van der Waals surface area (Å²) in [6.45, 7) is 3.60. The number of benzene rings is 1. The topological polar surface area (TPSA) is 49.7 Å². The van der Waals surface area contributed by atoms with Gasteiger partial charge in [-0.1, -0.05) is 56.9 Å².